The Morgan fingerprint density at radius 1 is 0.477 bits per heavy atom. The SMILES string of the molecule is CCOc1ccc2[nH]c(CCCSSCCCc3[nH]c4ccc(OCC)c(OCC)c4c3OCC)c(OCC)c2c1OCC. The molecule has 0 radical (unpaired) electrons. The van der Waals surface area contributed by atoms with E-state index in [2.05, 4.69) is 22.1 Å². The Morgan fingerprint density at radius 3 is 1.20 bits per heavy atom. The van der Waals surface area contributed by atoms with Crippen molar-refractivity contribution in [1.82, 2.24) is 9.97 Å². The first-order chi connectivity index (χ1) is 21.6. The highest BCUT2D eigenvalue weighted by Gasteiger charge is 2.22. The minimum absolute atomic E-state index is 0.565. The summed E-state index contributed by atoms with van der Waals surface area (Å²) in [6.07, 6.45) is 3.91. The molecule has 0 amide bonds. The van der Waals surface area contributed by atoms with Gasteiger partial charge in [-0.25, -0.2) is 0 Å². The lowest BCUT2D eigenvalue weighted by Gasteiger charge is -2.13. The molecule has 0 aliphatic heterocycles. The van der Waals surface area contributed by atoms with Crippen molar-refractivity contribution >= 4 is 43.4 Å². The first-order valence-corrected chi connectivity index (χ1v) is 18.5. The first kappa shape index (κ1) is 33.9. The smallest absolute Gasteiger partial charge is 0.174 e. The Bertz CT molecular complexity index is 1360. The minimum Gasteiger partial charge on any atom is -0.491 e. The fourth-order valence-electron chi connectivity index (χ4n) is 5.33. The molecule has 2 aromatic heterocycles. The molecule has 0 aliphatic carbocycles. The Morgan fingerprint density at radius 2 is 0.841 bits per heavy atom. The lowest BCUT2D eigenvalue weighted by atomic mass is 10.1. The zero-order valence-corrected chi connectivity index (χ0v) is 28.7. The van der Waals surface area contributed by atoms with Crippen LogP contribution in [0.15, 0.2) is 24.3 Å². The molecule has 242 valence electrons. The minimum atomic E-state index is 0.565. The molecule has 0 fully saturated rings. The second-order valence-corrected chi connectivity index (χ2v) is 12.6. The Balaban J connectivity index is 1.32. The molecule has 4 aromatic rings. The van der Waals surface area contributed by atoms with Crippen LogP contribution in [0.5, 0.6) is 34.5 Å². The van der Waals surface area contributed by atoms with Crippen LogP contribution in [0.3, 0.4) is 0 Å². The number of fused-ring (bicyclic) bond motifs is 2. The van der Waals surface area contributed by atoms with Crippen molar-refractivity contribution in [1.29, 1.82) is 0 Å². The van der Waals surface area contributed by atoms with Crippen LogP contribution in [0, 0.1) is 0 Å². The zero-order chi connectivity index (χ0) is 31.3. The van der Waals surface area contributed by atoms with Gasteiger partial charge in [0, 0.05) is 11.5 Å². The number of aromatic nitrogens is 2. The molecule has 0 bridgehead atoms. The van der Waals surface area contributed by atoms with Gasteiger partial charge in [0.2, 0.25) is 0 Å². The van der Waals surface area contributed by atoms with Gasteiger partial charge in [-0.3, -0.25) is 0 Å². The van der Waals surface area contributed by atoms with E-state index >= 15 is 0 Å². The van der Waals surface area contributed by atoms with Gasteiger partial charge in [0.1, 0.15) is 0 Å². The van der Waals surface area contributed by atoms with Gasteiger partial charge >= 0.3 is 0 Å². The van der Waals surface area contributed by atoms with E-state index in [-0.39, 0.29) is 0 Å². The summed E-state index contributed by atoms with van der Waals surface area (Å²) in [5.41, 5.74) is 4.26. The predicted molar refractivity (Wildman–Crippen MR) is 185 cm³/mol. The van der Waals surface area contributed by atoms with Gasteiger partial charge in [0.05, 0.1) is 72.8 Å². The molecular formula is C34H48N2O6S2. The molecule has 2 N–H and O–H groups in total. The molecule has 10 heteroatoms. The summed E-state index contributed by atoms with van der Waals surface area (Å²) in [4.78, 5) is 7.17. The average Bonchev–Trinajstić information content (AvgIpc) is 3.55. The van der Waals surface area contributed by atoms with Crippen molar-refractivity contribution in [3.8, 4) is 34.5 Å². The Labute approximate surface area is 269 Å². The quantitative estimate of drug-likeness (QED) is 0.0687. The molecule has 8 nitrogen and oxygen atoms in total. The van der Waals surface area contributed by atoms with Crippen LogP contribution in [-0.2, 0) is 12.8 Å². The molecule has 0 spiro atoms. The number of aromatic amines is 2. The van der Waals surface area contributed by atoms with Crippen LogP contribution in [0.4, 0.5) is 0 Å². The van der Waals surface area contributed by atoms with Crippen LogP contribution in [0.2, 0.25) is 0 Å². The largest absolute Gasteiger partial charge is 0.491 e. The van der Waals surface area contributed by atoms with Gasteiger partial charge in [-0.1, -0.05) is 21.6 Å². The molecular weight excluding hydrogens is 597 g/mol. The van der Waals surface area contributed by atoms with Gasteiger partial charge in [0.15, 0.2) is 34.5 Å². The molecule has 0 unspecified atom stereocenters. The number of ether oxygens (including phenoxy) is 6. The fourth-order valence-corrected chi connectivity index (χ4v) is 7.51. The third-order valence-electron chi connectivity index (χ3n) is 6.96. The van der Waals surface area contributed by atoms with Crippen LogP contribution >= 0.6 is 21.6 Å². The van der Waals surface area contributed by atoms with E-state index in [1.165, 1.54) is 0 Å². The molecule has 2 aromatic carbocycles. The number of nitrogens with one attached hydrogen (secondary N) is 2. The molecule has 0 saturated heterocycles. The molecule has 0 saturated carbocycles. The monoisotopic (exact) mass is 644 g/mol. The van der Waals surface area contributed by atoms with Crippen LogP contribution < -0.4 is 28.4 Å². The maximum absolute atomic E-state index is 6.14. The van der Waals surface area contributed by atoms with E-state index in [0.29, 0.717) is 39.6 Å². The number of hydrogen-bond donors (Lipinski definition) is 2. The molecule has 2 heterocycles. The maximum Gasteiger partial charge on any atom is 0.174 e. The van der Waals surface area contributed by atoms with Crippen molar-refractivity contribution in [3.63, 3.8) is 0 Å². The van der Waals surface area contributed by atoms with Crippen LogP contribution in [-0.4, -0.2) is 61.1 Å². The van der Waals surface area contributed by atoms with E-state index in [1.807, 2.05) is 75.3 Å². The molecule has 4 rings (SSSR count). The van der Waals surface area contributed by atoms with Crippen molar-refractivity contribution in [3.05, 3.63) is 35.7 Å². The average molecular weight is 645 g/mol. The number of hydrogen-bond acceptors (Lipinski definition) is 8. The number of rotatable bonds is 21. The predicted octanol–water partition coefficient (Wildman–Crippen LogP) is 8.99. The summed E-state index contributed by atoms with van der Waals surface area (Å²) in [5.74, 6) is 6.91. The van der Waals surface area contributed by atoms with E-state index in [9.17, 15) is 0 Å². The number of aryl methyl sites for hydroxylation is 2. The normalized spacial score (nSPS) is 11.3. The lowest BCUT2D eigenvalue weighted by Crippen LogP contribution is -2.00. The van der Waals surface area contributed by atoms with Crippen LogP contribution in [0.1, 0.15) is 65.8 Å². The summed E-state index contributed by atoms with van der Waals surface area (Å²) in [6, 6.07) is 8.06. The van der Waals surface area contributed by atoms with Gasteiger partial charge in [-0.05, 0) is 91.5 Å². The molecule has 0 atom stereocenters. The Hall–Kier alpha value is -2.98. The van der Waals surface area contributed by atoms with Crippen molar-refractivity contribution in [2.24, 2.45) is 0 Å². The molecule has 0 aliphatic rings. The standard InChI is InChI=1S/C34H48N2O6S2/c1-7-37-27-19-17-23-29(33(27)41-11-5)31(39-9-3)25(35-23)15-13-21-43-44-22-14-16-26-32(40-10-4)30-24(36-26)18-20-28(38-8-2)34(30)42-12-6/h17-20,35-36H,7-16,21-22H2,1-6H3. The highest BCUT2D eigenvalue weighted by Crippen LogP contribution is 2.45. The lowest BCUT2D eigenvalue weighted by molar-refractivity contribution is 0.289. The van der Waals surface area contributed by atoms with Gasteiger partial charge < -0.3 is 38.4 Å². The summed E-state index contributed by atoms with van der Waals surface area (Å²) >= 11 is 0. The number of H-pyrrole nitrogens is 2. The second-order valence-electron chi connectivity index (χ2n) is 9.95. The highest BCUT2D eigenvalue weighted by atomic mass is 33.1. The van der Waals surface area contributed by atoms with E-state index in [1.54, 1.807) is 0 Å². The summed E-state index contributed by atoms with van der Waals surface area (Å²) in [5, 5.41) is 1.95. The summed E-state index contributed by atoms with van der Waals surface area (Å²) in [6.45, 7) is 15.5. The van der Waals surface area contributed by atoms with Crippen LogP contribution in [0.25, 0.3) is 21.8 Å². The third kappa shape index (κ3) is 7.99. The van der Waals surface area contributed by atoms with Crippen molar-refractivity contribution in [2.45, 2.75) is 67.2 Å². The highest BCUT2D eigenvalue weighted by molar-refractivity contribution is 8.76. The van der Waals surface area contributed by atoms with E-state index in [0.717, 1.165) is 105 Å². The van der Waals surface area contributed by atoms with E-state index < -0.39 is 0 Å². The second kappa shape index (κ2) is 17.5. The topological polar surface area (TPSA) is 87.0 Å². The van der Waals surface area contributed by atoms with Crippen molar-refractivity contribution < 1.29 is 28.4 Å². The first-order valence-electron chi connectivity index (χ1n) is 16.0. The van der Waals surface area contributed by atoms with Crippen molar-refractivity contribution in [2.75, 3.05) is 51.1 Å². The Kier molecular flexibility index (Phi) is 13.5. The maximum atomic E-state index is 6.14. The van der Waals surface area contributed by atoms with Gasteiger partial charge in [0.25, 0.3) is 0 Å². The third-order valence-corrected chi connectivity index (χ3v) is 9.54. The van der Waals surface area contributed by atoms with E-state index in [4.69, 9.17) is 28.4 Å². The number of benzene rings is 2. The zero-order valence-electron chi connectivity index (χ0n) is 27.1. The summed E-state index contributed by atoms with van der Waals surface area (Å²) < 4.78 is 36.1. The molecule has 44 heavy (non-hydrogen) atoms. The summed E-state index contributed by atoms with van der Waals surface area (Å²) in [7, 11) is 3.86. The van der Waals surface area contributed by atoms with Gasteiger partial charge in [-0.15, -0.1) is 0 Å². The fraction of sp³-hybridized carbons (Fsp3) is 0.529. The van der Waals surface area contributed by atoms with Gasteiger partial charge in [-0.2, -0.15) is 0 Å².